The maximum absolute atomic E-state index is 5.56. The van der Waals surface area contributed by atoms with Crippen molar-refractivity contribution in [1.29, 1.82) is 0 Å². The van der Waals surface area contributed by atoms with E-state index in [0.717, 1.165) is 16.3 Å². The Hall–Kier alpha value is -1.92. The number of nitrogens with two attached hydrogens (primary N) is 1. The van der Waals surface area contributed by atoms with Gasteiger partial charge in [0.05, 0.1) is 22.7 Å². The number of aromatic nitrogens is 1. The van der Waals surface area contributed by atoms with Crippen LogP contribution in [0, 0.1) is 11.8 Å². The molecule has 0 amide bonds. The summed E-state index contributed by atoms with van der Waals surface area (Å²) in [4.78, 5) is 4.19. The Balaban J connectivity index is 1.88. The zero-order valence-electron chi connectivity index (χ0n) is 9.26. The quantitative estimate of drug-likeness (QED) is 0.648. The monoisotopic (exact) mass is 240 g/mol. The van der Waals surface area contributed by atoms with Gasteiger partial charge in [0, 0.05) is 5.56 Å². The summed E-state index contributed by atoms with van der Waals surface area (Å²) in [6.45, 7) is 0. The average molecular weight is 240 g/mol. The third kappa shape index (κ3) is 3.86. The van der Waals surface area contributed by atoms with Crippen molar-refractivity contribution < 1.29 is 0 Å². The molecule has 0 radical (unpaired) electrons. The van der Waals surface area contributed by atoms with E-state index in [9.17, 15) is 0 Å². The van der Waals surface area contributed by atoms with Crippen molar-refractivity contribution >= 4 is 17.4 Å². The molecule has 0 aliphatic rings. The van der Waals surface area contributed by atoms with Crippen LogP contribution in [0.2, 0.25) is 0 Å². The lowest BCUT2D eigenvalue weighted by molar-refractivity contribution is 1.14. The molecule has 0 atom stereocenters. The van der Waals surface area contributed by atoms with Gasteiger partial charge < -0.3 is 5.73 Å². The lowest BCUT2D eigenvalue weighted by Gasteiger charge is -1.96. The van der Waals surface area contributed by atoms with Gasteiger partial charge >= 0.3 is 0 Å². The van der Waals surface area contributed by atoms with Gasteiger partial charge in [-0.1, -0.05) is 41.8 Å². The molecule has 2 rings (SSSR count). The van der Waals surface area contributed by atoms with Crippen LogP contribution in [-0.2, 0) is 0 Å². The molecule has 0 bridgehead atoms. The summed E-state index contributed by atoms with van der Waals surface area (Å²) in [7, 11) is 0. The molecule has 0 spiro atoms. The average Bonchev–Trinajstić information content (AvgIpc) is 2.38. The van der Waals surface area contributed by atoms with Crippen molar-refractivity contribution in [1.82, 2.24) is 4.98 Å². The number of nitrogen functional groups attached to an aromatic ring is 1. The largest absolute Gasteiger partial charge is 0.397 e. The lowest BCUT2D eigenvalue weighted by Crippen LogP contribution is -1.86. The molecule has 0 aliphatic carbocycles. The Kier molecular flexibility index (Phi) is 4.06. The number of thioether (sulfide) groups is 1. The molecule has 0 saturated heterocycles. The fourth-order valence-electron chi connectivity index (χ4n) is 1.25. The predicted octanol–water partition coefficient (Wildman–Crippen LogP) is 2.81. The molecule has 17 heavy (non-hydrogen) atoms. The van der Waals surface area contributed by atoms with E-state index < -0.39 is 0 Å². The maximum Gasteiger partial charge on any atom is 0.0970 e. The Morgan fingerprint density at radius 3 is 2.65 bits per heavy atom. The van der Waals surface area contributed by atoms with Crippen LogP contribution in [0.3, 0.4) is 0 Å². The van der Waals surface area contributed by atoms with E-state index >= 15 is 0 Å². The van der Waals surface area contributed by atoms with Gasteiger partial charge in [0.1, 0.15) is 0 Å². The molecule has 84 valence electrons. The highest BCUT2D eigenvalue weighted by atomic mass is 32.2. The Bertz CT molecular complexity index is 524. The summed E-state index contributed by atoms with van der Waals surface area (Å²) in [6, 6.07) is 13.7. The highest BCUT2D eigenvalue weighted by Crippen LogP contribution is 2.14. The Morgan fingerprint density at radius 1 is 1.12 bits per heavy atom. The van der Waals surface area contributed by atoms with Crippen molar-refractivity contribution in [2.24, 2.45) is 0 Å². The number of benzene rings is 1. The minimum Gasteiger partial charge on any atom is -0.397 e. The second kappa shape index (κ2) is 5.97. The molecule has 3 heteroatoms. The number of hydrogen-bond acceptors (Lipinski definition) is 3. The van der Waals surface area contributed by atoms with E-state index in [2.05, 4.69) is 16.8 Å². The van der Waals surface area contributed by atoms with Crippen LogP contribution in [0.1, 0.15) is 5.56 Å². The lowest BCUT2D eigenvalue weighted by atomic mass is 10.2. The van der Waals surface area contributed by atoms with E-state index in [1.807, 2.05) is 42.5 Å². The first kappa shape index (κ1) is 11.6. The second-order valence-corrected chi connectivity index (χ2v) is 4.38. The highest BCUT2D eigenvalue weighted by molar-refractivity contribution is 7.99. The summed E-state index contributed by atoms with van der Waals surface area (Å²) in [5.74, 6) is 6.94. The summed E-state index contributed by atoms with van der Waals surface area (Å²) in [5.41, 5.74) is 7.28. The normalized spacial score (nSPS) is 9.41. The van der Waals surface area contributed by atoms with Gasteiger partial charge in [-0.3, -0.25) is 0 Å². The third-order valence-corrected chi connectivity index (χ3v) is 2.88. The van der Waals surface area contributed by atoms with Crippen LogP contribution in [0.4, 0.5) is 5.69 Å². The minimum absolute atomic E-state index is 0.685. The molecule has 0 aliphatic heterocycles. The van der Waals surface area contributed by atoms with Crippen LogP contribution in [-0.4, -0.2) is 10.7 Å². The van der Waals surface area contributed by atoms with Gasteiger partial charge in [0.15, 0.2) is 0 Å². The van der Waals surface area contributed by atoms with Crippen molar-refractivity contribution in [3.8, 4) is 11.8 Å². The number of pyridine rings is 1. The fourth-order valence-corrected chi connectivity index (χ4v) is 1.83. The third-order valence-electron chi connectivity index (χ3n) is 2.06. The predicted molar refractivity (Wildman–Crippen MR) is 72.7 cm³/mol. The van der Waals surface area contributed by atoms with Crippen molar-refractivity contribution in [2.45, 2.75) is 5.03 Å². The zero-order chi connectivity index (χ0) is 11.9. The van der Waals surface area contributed by atoms with Crippen LogP contribution < -0.4 is 5.73 Å². The fraction of sp³-hybridized carbons (Fsp3) is 0.0714. The molecule has 0 unspecified atom stereocenters. The number of nitrogens with zero attached hydrogens (tertiary/aromatic N) is 1. The summed E-state index contributed by atoms with van der Waals surface area (Å²) < 4.78 is 0. The van der Waals surface area contributed by atoms with Crippen LogP contribution in [0.15, 0.2) is 53.7 Å². The number of rotatable bonds is 2. The molecule has 2 nitrogen and oxygen atoms in total. The van der Waals surface area contributed by atoms with Gasteiger partial charge in [-0.15, -0.1) is 0 Å². The molecule has 1 aromatic carbocycles. The molecular formula is C14H12N2S. The SMILES string of the molecule is Nc1ccc(SCC#Cc2ccccc2)nc1. The summed E-state index contributed by atoms with van der Waals surface area (Å²) in [5, 5.41) is 0.946. The van der Waals surface area contributed by atoms with Crippen molar-refractivity contribution in [3.63, 3.8) is 0 Å². The Morgan fingerprint density at radius 2 is 1.94 bits per heavy atom. The van der Waals surface area contributed by atoms with E-state index in [1.165, 1.54) is 0 Å². The first-order valence-electron chi connectivity index (χ1n) is 5.23. The van der Waals surface area contributed by atoms with E-state index in [4.69, 9.17) is 5.73 Å². The van der Waals surface area contributed by atoms with E-state index in [-0.39, 0.29) is 0 Å². The minimum atomic E-state index is 0.685. The topological polar surface area (TPSA) is 38.9 Å². The molecule has 1 aromatic heterocycles. The molecule has 2 aromatic rings. The summed E-state index contributed by atoms with van der Waals surface area (Å²) in [6.07, 6.45) is 1.66. The first-order valence-corrected chi connectivity index (χ1v) is 6.21. The van der Waals surface area contributed by atoms with Gasteiger partial charge in [0.25, 0.3) is 0 Å². The van der Waals surface area contributed by atoms with Crippen LogP contribution in [0.5, 0.6) is 0 Å². The van der Waals surface area contributed by atoms with E-state index in [0.29, 0.717) is 5.69 Å². The van der Waals surface area contributed by atoms with Gasteiger partial charge in [-0.25, -0.2) is 4.98 Å². The summed E-state index contributed by atoms with van der Waals surface area (Å²) >= 11 is 1.61. The molecule has 2 N–H and O–H groups in total. The van der Waals surface area contributed by atoms with Crippen molar-refractivity contribution in [3.05, 3.63) is 54.2 Å². The zero-order valence-corrected chi connectivity index (χ0v) is 10.1. The van der Waals surface area contributed by atoms with Crippen molar-refractivity contribution in [2.75, 3.05) is 11.5 Å². The Labute approximate surface area is 105 Å². The first-order chi connectivity index (χ1) is 8.34. The van der Waals surface area contributed by atoms with E-state index in [1.54, 1.807) is 18.0 Å². The second-order valence-electron chi connectivity index (χ2n) is 3.39. The van der Waals surface area contributed by atoms with Gasteiger partial charge in [-0.2, -0.15) is 0 Å². The molecule has 1 heterocycles. The van der Waals surface area contributed by atoms with Crippen LogP contribution >= 0.6 is 11.8 Å². The maximum atomic E-state index is 5.56. The molecule has 0 saturated carbocycles. The smallest absolute Gasteiger partial charge is 0.0970 e. The highest BCUT2D eigenvalue weighted by Gasteiger charge is 1.92. The molecular weight excluding hydrogens is 228 g/mol. The number of hydrogen-bond donors (Lipinski definition) is 1. The number of anilines is 1. The van der Waals surface area contributed by atoms with Gasteiger partial charge in [0.2, 0.25) is 0 Å². The van der Waals surface area contributed by atoms with Gasteiger partial charge in [-0.05, 0) is 24.3 Å². The van der Waals surface area contributed by atoms with Crippen LogP contribution in [0.25, 0.3) is 0 Å². The standard InChI is InChI=1S/C14H12N2S/c15-13-8-9-14(16-11-13)17-10-4-7-12-5-2-1-3-6-12/h1-3,5-6,8-9,11H,10,15H2. The molecule has 0 fully saturated rings.